The summed E-state index contributed by atoms with van der Waals surface area (Å²) in [5, 5.41) is 14.0. The van der Waals surface area contributed by atoms with Crippen molar-refractivity contribution in [3.8, 4) is 0 Å². The Morgan fingerprint density at radius 2 is 1.77 bits per heavy atom. The number of amides is 3. The topological polar surface area (TPSA) is 138 Å². The van der Waals surface area contributed by atoms with Crippen LogP contribution in [0, 0.1) is 11.8 Å². The summed E-state index contributed by atoms with van der Waals surface area (Å²) in [5.74, 6) is -3.31. The molecule has 4 heterocycles. The Bertz CT molecular complexity index is 1600. The highest BCUT2D eigenvalue weighted by Gasteiger charge is 2.75. The predicted octanol–water partition coefficient (Wildman–Crippen LogP) is 2.68. The third-order valence-corrected chi connectivity index (χ3v) is 11.1. The quantitative estimate of drug-likeness (QED) is 0.175. The molecule has 53 heavy (non-hydrogen) atoms. The van der Waals surface area contributed by atoms with Crippen LogP contribution in [0.25, 0.3) is 0 Å². The van der Waals surface area contributed by atoms with Gasteiger partial charge in [-0.1, -0.05) is 72.8 Å². The summed E-state index contributed by atoms with van der Waals surface area (Å²) < 4.78 is 17.8. The van der Waals surface area contributed by atoms with E-state index < -0.39 is 53.5 Å². The van der Waals surface area contributed by atoms with Crippen molar-refractivity contribution in [1.29, 1.82) is 0 Å². The minimum absolute atomic E-state index is 0.0930. The van der Waals surface area contributed by atoms with Crippen molar-refractivity contribution in [3.63, 3.8) is 0 Å². The van der Waals surface area contributed by atoms with Crippen LogP contribution in [-0.4, -0.2) is 126 Å². The summed E-state index contributed by atoms with van der Waals surface area (Å²) in [7, 11) is 0. The number of likely N-dealkylation sites (tertiary alicyclic amines) is 1. The van der Waals surface area contributed by atoms with Gasteiger partial charge in [0.25, 0.3) is 0 Å². The molecule has 4 fully saturated rings. The van der Waals surface area contributed by atoms with E-state index in [2.05, 4.69) is 23.4 Å². The van der Waals surface area contributed by atoms with E-state index >= 15 is 0 Å². The van der Waals surface area contributed by atoms with Gasteiger partial charge in [-0.25, -0.2) is 0 Å². The Hall–Kier alpha value is -4.36. The summed E-state index contributed by atoms with van der Waals surface area (Å²) in [4.78, 5) is 62.3. The fourth-order valence-electron chi connectivity index (χ4n) is 8.55. The van der Waals surface area contributed by atoms with Crippen molar-refractivity contribution >= 4 is 23.7 Å². The van der Waals surface area contributed by atoms with Crippen LogP contribution in [0.3, 0.4) is 0 Å². The van der Waals surface area contributed by atoms with E-state index in [-0.39, 0.29) is 38.0 Å². The molecule has 3 amide bonds. The maximum absolute atomic E-state index is 14.9. The standard InChI is InChI=1S/C41H52N4O8/c1-3-5-16-34(47)52-28-32(30-14-10-7-11-15-30)42-38(48)35-33-17-18-41(53-33)36(35)39(49)45(31(27-46)26-29-12-8-6-9-13-29)37(41)40(50)44(19-4-2)21-20-43-22-24-51-25-23-43/h3-4,6-15,31-33,35-37,46H,1-2,5,16-28H2,(H,42,48)/t31-,32+,33-,35+,36+,37-,41+/m1/s1. The lowest BCUT2D eigenvalue weighted by atomic mass is 9.70. The summed E-state index contributed by atoms with van der Waals surface area (Å²) in [6, 6.07) is 16.3. The normalized spacial score (nSPS) is 26.1. The molecule has 1 spiro atoms. The fourth-order valence-corrected chi connectivity index (χ4v) is 8.55. The number of hydrogen-bond donors (Lipinski definition) is 2. The molecular formula is C41H52N4O8. The van der Waals surface area contributed by atoms with Crippen LogP contribution < -0.4 is 5.32 Å². The number of benzene rings is 2. The first-order chi connectivity index (χ1) is 25.8. The molecule has 7 atom stereocenters. The van der Waals surface area contributed by atoms with Crippen LogP contribution in [0.15, 0.2) is 86.0 Å². The van der Waals surface area contributed by atoms with Gasteiger partial charge in [0.2, 0.25) is 17.7 Å². The zero-order valence-electron chi connectivity index (χ0n) is 30.4. The summed E-state index contributed by atoms with van der Waals surface area (Å²) >= 11 is 0. The highest BCUT2D eigenvalue weighted by molar-refractivity contribution is 5.99. The molecule has 0 unspecified atom stereocenters. The van der Waals surface area contributed by atoms with E-state index in [0.29, 0.717) is 52.0 Å². The number of aliphatic hydroxyl groups excluding tert-OH is 1. The number of rotatable bonds is 18. The van der Waals surface area contributed by atoms with Crippen molar-refractivity contribution < 1.29 is 38.5 Å². The van der Waals surface area contributed by atoms with Crippen LogP contribution >= 0.6 is 0 Å². The van der Waals surface area contributed by atoms with Gasteiger partial charge in [0.1, 0.15) is 18.2 Å². The largest absolute Gasteiger partial charge is 0.463 e. The lowest BCUT2D eigenvalue weighted by molar-refractivity contribution is -0.151. The fraction of sp³-hybridized carbons (Fsp3) is 0.512. The Morgan fingerprint density at radius 3 is 2.45 bits per heavy atom. The van der Waals surface area contributed by atoms with E-state index in [1.165, 1.54) is 4.90 Å². The van der Waals surface area contributed by atoms with E-state index in [9.17, 15) is 24.3 Å². The molecular weight excluding hydrogens is 676 g/mol. The maximum Gasteiger partial charge on any atom is 0.306 e. The SMILES string of the molecule is C=CCCC(=O)OC[C@H](NC(=O)[C@@H]1[C@H]2C(=O)N([C@@H](CO)Cc3ccccc3)[C@H](C(=O)N(CC=C)CCN3CCOCC3)[C@]23CC[C@H]1O3)c1ccccc1. The Kier molecular flexibility index (Phi) is 12.8. The maximum atomic E-state index is 14.9. The average Bonchev–Trinajstić information content (AvgIpc) is 3.84. The van der Waals surface area contributed by atoms with Gasteiger partial charge >= 0.3 is 5.97 Å². The lowest BCUT2D eigenvalue weighted by Crippen LogP contribution is -2.59. The molecule has 12 heteroatoms. The van der Waals surface area contributed by atoms with Crippen molar-refractivity contribution in [2.24, 2.45) is 11.8 Å². The summed E-state index contributed by atoms with van der Waals surface area (Å²) in [6.45, 7) is 11.2. The zero-order valence-corrected chi connectivity index (χ0v) is 30.4. The first-order valence-electron chi connectivity index (χ1n) is 18.8. The number of ether oxygens (including phenoxy) is 3. The molecule has 12 nitrogen and oxygen atoms in total. The number of nitrogens with one attached hydrogen (secondary N) is 1. The smallest absolute Gasteiger partial charge is 0.306 e. The summed E-state index contributed by atoms with van der Waals surface area (Å²) in [6.07, 6.45) is 4.61. The van der Waals surface area contributed by atoms with Gasteiger partial charge in [0.05, 0.1) is 49.8 Å². The molecule has 0 saturated carbocycles. The number of allylic oxidation sites excluding steroid dienone is 1. The Morgan fingerprint density at radius 1 is 1.06 bits per heavy atom. The van der Waals surface area contributed by atoms with E-state index in [0.717, 1.165) is 24.2 Å². The van der Waals surface area contributed by atoms with E-state index in [1.54, 1.807) is 17.1 Å². The minimum atomic E-state index is -1.26. The Labute approximate surface area is 311 Å². The second-order valence-electron chi connectivity index (χ2n) is 14.3. The number of nitrogens with zero attached hydrogens (tertiary/aromatic N) is 3. The molecule has 284 valence electrons. The molecule has 6 rings (SSSR count). The third kappa shape index (κ3) is 8.26. The molecule has 2 bridgehead atoms. The minimum Gasteiger partial charge on any atom is -0.463 e. The monoisotopic (exact) mass is 728 g/mol. The third-order valence-electron chi connectivity index (χ3n) is 11.1. The van der Waals surface area contributed by atoms with Gasteiger partial charge in [0, 0.05) is 39.1 Å². The van der Waals surface area contributed by atoms with Crippen LogP contribution in [-0.2, 0) is 39.8 Å². The van der Waals surface area contributed by atoms with Crippen molar-refractivity contribution in [3.05, 3.63) is 97.1 Å². The predicted molar refractivity (Wildman–Crippen MR) is 197 cm³/mol. The van der Waals surface area contributed by atoms with Crippen molar-refractivity contribution in [2.75, 3.05) is 59.2 Å². The number of hydrogen-bond acceptors (Lipinski definition) is 9. The van der Waals surface area contributed by atoms with Gasteiger partial charge in [-0.05, 0) is 36.8 Å². The van der Waals surface area contributed by atoms with Crippen LogP contribution in [0.5, 0.6) is 0 Å². The number of fused-ring (bicyclic) bond motifs is 1. The van der Waals surface area contributed by atoms with Crippen LogP contribution in [0.4, 0.5) is 0 Å². The molecule has 2 N–H and O–H groups in total. The molecule has 0 aliphatic carbocycles. The zero-order chi connectivity index (χ0) is 37.4. The van der Waals surface area contributed by atoms with Crippen molar-refractivity contribution in [1.82, 2.24) is 20.0 Å². The molecule has 2 aromatic carbocycles. The highest BCUT2D eigenvalue weighted by Crippen LogP contribution is 2.59. The number of esters is 1. The van der Waals surface area contributed by atoms with Gasteiger partial charge < -0.3 is 34.4 Å². The van der Waals surface area contributed by atoms with Gasteiger partial charge in [-0.15, -0.1) is 13.2 Å². The van der Waals surface area contributed by atoms with Crippen LogP contribution in [0.1, 0.15) is 42.9 Å². The number of morpholine rings is 1. The first-order valence-corrected chi connectivity index (χ1v) is 18.8. The number of carbonyl (C=O) groups is 4. The second-order valence-corrected chi connectivity index (χ2v) is 14.3. The molecule has 4 saturated heterocycles. The highest BCUT2D eigenvalue weighted by atomic mass is 16.5. The van der Waals surface area contributed by atoms with Gasteiger partial charge in [-0.2, -0.15) is 0 Å². The number of carbonyl (C=O) groups excluding carboxylic acids is 4. The second kappa shape index (κ2) is 17.6. The molecule has 0 radical (unpaired) electrons. The number of aliphatic hydroxyl groups is 1. The molecule has 4 aliphatic rings. The lowest BCUT2D eigenvalue weighted by Gasteiger charge is -2.40. The van der Waals surface area contributed by atoms with Crippen LogP contribution in [0.2, 0.25) is 0 Å². The molecule has 0 aromatic heterocycles. The van der Waals surface area contributed by atoms with Gasteiger partial charge in [0.15, 0.2) is 0 Å². The van der Waals surface area contributed by atoms with Crippen molar-refractivity contribution in [2.45, 2.75) is 61.9 Å². The Balaban J connectivity index is 1.31. The first kappa shape index (κ1) is 38.4. The molecule has 4 aliphatic heterocycles. The van der Waals surface area contributed by atoms with E-state index in [1.807, 2.05) is 60.7 Å². The van der Waals surface area contributed by atoms with Gasteiger partial charge in [-0.3, -0.25) is 24.1 Å². The van der Waals surface area contributed by atoms with E-state index in [4.69, 9.17) is 14.2 Å². The average molecular weight is 729 g/mol. The summed E-state index contributed by atoms with van der Waals surface area (Å²) in [5.41, 5.74) is 0.387. The molecule has 2 aromatic rings.